The van der Waals surface area contributed by atoms with E-state index < -0.39 is 0 Å². The monoisotopic (exact) mass is 468 g/mol. The quantitative estimate of drug-likeness (QED) is 0.214. The molecule has 0 bridgehead atoms. The van der Waals surface area contributed by atoms with E-state index in [9.17, 15) is 0 Å². The van der Waals surface area contributed by atoms with E-state index in [1.54, 1.807) is 0 Å². The van der Waals surface area contributed by atoms with E-state index in [1.165, 1.54) is 0 Å². The summed E-state index contributed by atoms with van der Waals surface area (Å²) in [6, 6.07) is 35.9. The smallest absolute Gasteiger partial charge is 0.0482 e. The van der Waals surface area contributed by atoms with E-state index in [1.807, 2.05) is 24.3 Å². The molecular formula is C34H32N2. The summed E-state index contributed by atoms with van der Waals surface area (Å²) < 4.78 is 0. The van der Waals surface area contributed by atoms with Crippen molar-refractivity contribution in [3.05, 3.63) is 152 Å². The van der Waals surface area contributed by atoms with Crippen LogP contribution in [-0.2, 0) is 0 Å². The van der Waals surface area contributed by atoms with E-state index in [2.05, 4.69) is 140 Å². The van der Waals surface area contributed by atoms with Crippen molar-refractivity contribution in [2.75, 3.05) is 9.80 Å². The highest BCUT2D eigenvalue weighted by molar-refractivity contribution is 5.81. The van der Waals surface area contributed by atoms with E-state index in [0.717, 1.165) is 51.7 Å². The molecule has 0 aliphatic heterocycles. The first-order valence-corrected chi connectivity index (χ1v) is 12.2. The van der Waals surface area contributed by atoms with Crippen molar-refractivity contribution in [1.29, 1.82) is 0 Å². The van der Waals surface area contributed by atoms with Gasteiger partial charge in [-0.3, -0.25) is 0 Å². The maximum absolute atomic E-state index is 4.11. The summed E-state index contributed by atoms with van der Waals surface area (Å²) >= 11 is 0. The first-order valence-electron chi connectivity index (χ1n) is 12.2. The number of hydrogen-bond acceptors (Lipinski definition) is 2. The number of para-hydroxylation sites is 1. The molecule has 0 saturated heterocycles. The third-order valence-corrected chi connectivity index (χ3v) is 6.02. The Morgan fingerprint density at radius 3 is 1.69 bits per heavy atom. The Labute approximate surface area is 215 Å². The Morgan fingerprint density at radius 1 is 0.611 bits per heavy atom. The molecule has 0 fully saturated rings. The summed E-state index contributed by atoms with van der Waals surface area (Å²) in [6.07, 6.45) is 8.75. The summed E-state index contributed by atoms with van der Waals surface area (Å²) in [4.78, 5) is 4.52. The summed E-state index contributed by atoms with van der Waals surface area (Å²) in [5.41, 5.74) is 8.59. The lowest BCUT2D eigenvalue weighted by molar-refractivity contribution is 1.13. The van der Waals surface area contributed by atoms with Crippen LogP contribution in [0.3, 0.4) is 0 Å². The van der Waals surface area contributed by atoms with Crippen LogP contribution in [0.4, 0.5) is 28.4 Å². The van der Waals surface area contributed by atoms with Gasteiger partial charge in [-0.05, 0) is 78.2 Å². The molecule has 0 saturated carbocycles. The maximum atomic E-state index is 4.11. The van der Waals surface area contributed by atoms with E-state index in [0.29, 0.717) is 0 Å². The normalized spacial score (nSPS) is 11.0. The third-order valence-electron chi connectivity index (χ3n) is 6.02. The van der Waals surface area contributed by atoms with Gasteiger partial charge in [0.2, 0.25) is 0 Å². The lowest BCUT2D eigenvalue weighted by Gasteiger charge is -2.30. The molecule has 0 aliphatic rings. The van der Waals surface area contributed by atoms with Gasteiger partial charge in [0.1, 0.15) is 0 Å². The van der Waals surface area contributed by atoms with Gasteiger partial charge in [-0.2, -0.15) is 0 Å². The number of allylic oxidation sites excluding steroid dienone is 2. The van der Waals surface area contributed by atoms with E-state index in [4.69, 9.17) is 0 Å². The molecule has 0 heterocycles. The fourth-order valence-corrected chi connectivity index (χ4v) is 4.24. The standard InChI is InChI=1S/C34H32N2/c1-5-13-29(8-4)35(31-22-18-27(6-2)19-23-31)33-16-12-17-34(26-33)36(30-14-10-9-11-15-30)32-24-20-28(7-3)21-25-32/h6-26H,2-5H2,1H3/b29-13+. The highest BCUT2D eigenvalue weighted by Crippen LogP contribution is 2.39. The zero-order chi connectivity index (χ0) is 25.3. The Kier molecular flexibility index (Phi) is 8.00. The minimum Gasteiger partial charge on any atom is -0.311 e. The molecule has 36 heavy (non-hydrogen) atoms. The summed E-state index contributed by atoms with van der Waals surface area (Å²) in [6.45, 7) is 14.0. The molecule has 4 aromatic carbocycles. The summed E-state index contributed by atoms with van der Waals surface area (Å²) in [5.74, 6) is 0. The van der Waals surface area contributed by atoms with Crippen molar-refractivity contribution >= 4 is 40.6 Å². The van der Waals surface area contributed by atoms with Crippen LogP contribution in [0, 0.1) is 0 Å². The average Bonchev–Trinajstić information content (AvgIpc) is 2.94. The molecule has 4 rings (SSSR count). The van der Waals surface area contributed by atoms with Crippen LogP contribution in [0.1, 0.15) is 24.5 Å². The molecule has 2 nitrogen and oxygen atoms in total. The molecule has 0 N–H and O–H groups in total. The number of hydrogen-bond donors (Lipinski definition) is 0. The maximum Gasteiger partial charge on any atom is 0.0482 e. The fourth-order valence-electron chi connectivity index (χ4n) is 4.24. The van der Waals surface area contributed by atoms with Crippen molar-refractivity contribution in [2.24, 2.45) is 0 Å². The van der Waals surface area contributed by atoms with Gasteiger partial charge < -0.3 is 9.80 Å². The van der Waals surface area contributed by atoms with Crippen LogP contribution in [0.2, 0.25) is 0 Å². The lowest BCUT2D eigenvalue weighted by atomic mass is 10.1. The fraction of sp³-hybridized carbons (Fsp3) is 0.0588. The molecule has 0 spiro atoms. The van der Waals surface area contributed by atoms with Gasteiger partial charge in [0.25, 0.3) is 0 Å². The van der Waals surface area contributed by atoms with Crippen LogP contribution >= 0.6 is 0 Å². The Hall–Kier alpha value is -4.56. The minimum atomic E-state index is 0.911. The van der Waals surface area contributed by atoms with Gasteiger partial charge in [0.15, 0.2) is 0 Å². The average molecular weight is 469 g/mol. The third kappa shape index (κ3) is 5.39. The van der Waals surface area contributed by atoms with E-state index in [-0.39, 0.29) is 0 Å². The van der Waals surface area contributed by atoms with Crippen LogP contribution in [0.25, 0.3) is 12.2 Å². The molecule has 0 aromatic heterocycles. The zero-order valence-electron chi connectivity index (χ0n) is 20.8. The van der Waals surface area contributed by atoms with Crippen molar-refractivity contribution in [3.8, 4) is 0 Å². The first kappa shape index (κ1) is 24.6. The molecule has 178 valence electrons. The molecule has 0 unspecified atom stereocenters. The second kappa shape index (κ2) is 11.7. The van der Waals surface area contributed by atoms with Crippen molar-refractivity contribution in [3.63, 3.8) is 0 Å². The summed E-state index contributed by atoms with van der Waals surface area (Å²) in [7, 11) is 0. The van der Waals surface area contributed by atoms with Crippen molar-refractivity contribution in [1.82, 2.24) is 0 Å². The van der Waals surface area contributed by atoms with Gasteiger partial charge >= 0.3 is 0 Å². The van der Waals surface area contributed by atoms with Gasteiger partial charge in [-0.15, -0.1) is 0 Å². The van der Waals surface area contributed by atoms with Crippen LogP contribution in [0.15, 0.2) is 141 Å². The highest BCUT2D eigenvalue weighted by atomic mass is 15.2. The number of benzene rings is 4. The molecule has 4 aromatic rings. The molecule has 0 aliphatic carbocycles. The van der Waals surface area contributed by atoms with Crippen molar-refractivity contribution < 1.29 is 0 Å². The summed E-state index contributed by atoms with van der Waals surface area (Å²) in [5, 5.41) is 0. The highest BCUT2D eigenvalue weighted by Gasteiger charge is 2.17. The topological polar surface area (TPSA) is 6.48 Å². The Morgan fingerprint density at radius 2 is 1.14 bits per heavy atom. The molecule has 2 heteroatoms. The second-order valence-corrected chi connectivity index (χ2v) is 8.36. The van der Waals surface area contributed by atoms with Gasteiger partial charge in [-0.25, -0.2) is 0 Å². The van der Waals surface area contributed by atoms with Gasteiger partial charge in [0, 0.05) is 34.1 Å². The second-order valence-electron chi connectivity index (χ2n) is 8.36. The SMILES string of the molecule is C=C/C(=C\CC)N(c1ccc(C=C)cc1)c1cccc(N(c2ccccc2)c2ccc(C=C)cc2)c1. The largest absolute Gasteiger partial charge is 0.311 e. The van der Waals surface area contributed by atoms with Gasteiger partial charge in [0.05, 0.1) is 0 Å². The van der Waals surface area contributed by atoms with Crippen LogP contribution < -0.4 is 9.80 Å². The van der Waals surface area contributed by atoms with Crippen molar-refractivity contribution in [2.45, 2.75) is 13.3 Å². The molecular weight excluding hydrogens is 436 g/mol. The number of nitrogens with zero attached hydrogens (tertiary/aromatic N) is 2. The number of rotatable bonds is 10. The molecule has 0 amide bonds. The lowest BCUT2D eigenvalue weighted by Crippen LogP contribution is -2.16. The van der Waals surface area contributed by atoms with E-state index >= 15 is 0 Å². The molecule has 0 atom stereocenters. The molecule has 0 radical (unpaired) electrons. The van der Waals surface area contributed by atoms with Crippen LogP contribution in [-0.4, -0.2) is 0 Å². The Bertz CT molecular complexity index is 1350. The minimum absolute atomic E-state index is 0.911. The number of anilines is 5. The Balaban J connectivity index is 1.86. The first-order chi connectivity index (χ1) is 17.7. The zero-order valence-corrected chi connectivity index (χ0v) is 20.8. The van der Waals surface area contributed by atoms with Gasteiger partial charge in [-0.1, -0.05) is 93.4 Å². The van der Waals surface area contributed by atoms with Crippen LogP contribution in [0.5, 0.6) is 0 Å². The predicted molar refractivity (Wildman–Crippen MR) is 158 cm³/mol. The predicted octanol–water partition coefficient (Wildman–Crippen LogP) is 10.1.